The van der Waals surface area contributed by atoms with Crippen LogP contribution in [0.5, 0.6) is 0 Å². The molecule has 2 aromatic carbocycles. The van der Waals surface area contributed by atoms with Gasteiger partial charge in [-0.2, -0.15) is 0 Å². The summed E-state index contributed by atoms with van der Waals surface area (Å²) in [4.78, 5) is 28.9. The van der Waals surface area contributed by atoms with E-state index in [1.165, 1.54) is 16.2 Å². The lowest BCUT2D eigenvalue weighted by atomic mass is 9.98. The Balaban J connectivity index is 1.66. The largest absolute Gasteiger partial charge is 0.503 e. The van der Waals surface area contributed by atoms with E-state index in [2.05, 4.69) is 0 Å². The lowest BCUT2D eigenvalue weighted by Gasteiger charge is -2.26. The number of furan rings is 1. The van der Waals surface area contributed by atoms with Gasteiger partial charge in [-0.15, -0.1) is 11.3 Å². The van der Waals surface area contributed by atoms with E-state index in [0.717, 1.165) is 15.8 Å². The maximum Gasteiger partial charge on any atom is 0.294 e. The van der Waals surface area contributed by atoms with E-state index in [1.807, 2.05) is 36.6 Å². The third-order valence-corrected chi connectivity index (χ3v) is 6.68. The molecular weight excluding hydrogens is 434 g/mol. The van der Waals surface area contributed by atoms with Gasteiger partial charge in [0.1, 0.15) is 11.6 Å². The number of aryl methyl sites for hydroxylation is 1. The summed E-state index contributed by atoms with van der Waals surface area (Å²) in [5, 5.41) is 14.0. The Morgan fingerprint density at radius 3 is 2.55 bits per heavy atom. The van der Waals surface area contributed by atoms with Gasteiger partial charge in [0.05, 0.1) is 5.57 Å². The van der Waals surface area contributed by atoms with Crippen LogP contribution in [0.1, 0.15) is 27.0 Å². The quantitative estimate of drug-likeness (QED) is 0.374. The maximum absolute atomic E-state index is 13.5. The summed E-state index contributed by atoms with van der Waals surface area (Å²) < 4.78 is 5.74. The van der Waals surface area contributed by atoms with E-state index >= 15 is 0 Å². The molecule has 1 aliphatic heterocycles. The zero-order valence-corrected chi connectivity index (χ0v) is 17.9. The number of fused-ring (bicyclic) bond motifs is 1. The predicted octanol–water partition coefficient (Wildman–Crippen LogP) is 6.24. The molecule has 1 unspecified atom stereocenters. The molecule has 5 nitrogen and oxygen atoms in total. The highest BCUT2D eigenvalue weighted by atomic mass is 35.5. The first kappa shape index (κ1) is 19.6. The van der Waals surface area contributed by atoms with Crippen LogP contribution in [0.3, 0.4) is 0 Å². The Kier molecular flexibility index (Phi) is 4.68. The first-order chi connectivity index (χ1) is 15.0. The smallest absolute Gasteiger partial charge is 0.294 e. The molecule has 0 saturated heterocycles. The number of rotatable bonds is 4. The standard InChI is InChI=1S/C24H16ClNO4S/c1-13-10-11-31-23(13)20-19(21(27)18-12-14-4-2-3-5-17(14)30-18)22(28)24(29)26(20)16-8-6-15(25)7-9-16/h2-12,20,28H,1H3. The Hall–Kier alpha value is -3.35. The Bertz CT molecular complexity index is 1330. The van der Waals surface area contributed by atoms with Gasteiger partial charge in [-0.3, -0.25) is 14.5 Å². The van der Waals surface area contributed by atoms with Crippen LogP contribution in [0.4, 0.5) is 5.69 Å². The predicted molar refractivity (Wildman–Crippen MR) is 121 cm³/mol. The Labute approximate surface area is 186 Å². The number of aliphatic hydroxyl groups is 1. The number of benzene rings is 2. The van der Waals surface area contributed by atoms with Crippen molar-refractivity contribution in [2.45, 2.75) is 13.0 Å². The molecule has 0 aliphatic carbocycles. The summed E-state index contributed by atoms with van der Waals surface area (Å²) >= 11 is 7.44. The van der Waals surface area contributed by atoms with Gasteiger partial charge in [0, 0.05) is 21.0 Å². The van der Waals surface area contributed by atoms with Gasteiger partial charge in [0.2, 0.25) is 5.78 Å². The lowest BCUT2D eigenvalue weighted by Crippen LogP contribution is -2.30. The van der Waals surface area contributed by atoms with Crippen molar-refractivity contribution in [3.8, 4) is 0 Å². The molecule has 2 aromatic heterocycles. The number of carbonyl (C=O) groups is 2. The SMILES string of the molecule is Cc1ccsc1C1C(C(=O)c2cc3ccccc3o2)=C(O)C(=O)N1c1ccc(Cl)cc1. The summed E-state index contributed by atoms with van der Waals surface area (Å²) in [5.41, 5.74) is 2.02. The molecule has 0 spiro atoms. The van der Waals surface area contributed by atoms with Crippen LogP contribution < -0.4 is 4.90 Å². The zero-order chi connectivity index (χ0) is 21.7. The van der Waals surface area contributed by atoms with E-state index in [-0.39, 0.29) is 11.3 Å². The second-order valence-corrected chi connectivity index (χ2v) is 8.65. The minimum Gasteiger partial charge on any atom is -0.503 e. The average molecular weight is 450 g/mol. The number of hydrogen-bond acceptors (Lipinski definition) is 5. The average Bonchev–Trinajstić information content (AvgIpc) is 3.45. The third-order valence-electron chi connectivity index (χ3n) is 5.36. The first-order valence-corrected chi connectivity index (χ1v) is 10.8. The van der Waals surface area contributed by atoms with Crippen molar-refractivity contribution in [1.29, 1.82) is 0 Å². The van der Waals surface area contributed by atoms with Crippen molar-refractivity contribution in [2.75, 3.05) is 4.90 Å². The fourth-order valence-electron chi connectivity index (χ4n) is 3.84. The van der Waals surface area contributed by atoms with E-state index in [9.17, 15) is 14.7 Å². The van der Waals surface area contributed by atoms with Crippen molar-refractivity contribution >= 4 is 51.3 Å². The lowest BCUT2D eigenvalue weighted by molar-refractivity contribution is -0.117. The van der Waals surface area contributed by atoms with Crippen molar-refractivity contribution in [2.24, 2.45) is 0 Å². The molecule has 1 aliphatic rings. The van der Waals surface area contributed by atoms with Gasteiger partial charge in [0.15, 0.2) is 11.5 Å². The summed E-state index contributed by atoms with van der Waals surface area (Å²) in [7, 11) is 0. The summed E-state index contributed by atoms with van der Waals surface area (Å²) in [6, 6.07) is 16.8. The van der Waals surface area contributed by atoms with Gasteiger partial charge in [-0.25, -0.2) is 0 Å². The number of carbonyl (C=O) groups excluding carboxylic acids is 2. The number of nitrogens with zero attached hydrogens (tertiary/aromatic N) is 1. The minimum absolute atomic E-state index is 0.00422. The molecular formula is C24H16ClNO4S. The molecule has 31 heavy (non-hydrogen) atoms. The molecule has 1 N–H and O–H groups in total. The van der Waals surface area contributed by atoms with Crippen LogP contribution >= 0.6 is 22.9 Å². The molecule has 0 bridgehead atoms. The number of amides is 1. The number of thiophene rings is 1. The van der Waals surface area contributed by atoms with E-state index < -0.39 is 23.5 Å². The molecule has 1 atom stereocenters. The van der Waals surface area contributed by atoms with Crippen LogP contribution in [0.2, 0.25) is 5.02 Å². The van der Waals surface area contributed by atoms with Crippen molar-refractivity contribution in [3.63, 3.8) is 0 Å². The number of halogens is 1. The highest BCUT2D eigenvalue weighted by Gasteiger charge is 2.46. The van der Waals surface area contributed by atoms with Crippen LogP contribution in [-0.2, 0) is 4.79 Å². The molecule has 154 valence electrons. The molecule has 4 aromatic rings. The van der Waals surface area contributed by atoms with Gasteiger partial charge in [-0.1, -0.05) is 29.8 Å². The van der Waals surface area contributed by atoms with Crippen molar-refractivity contribution in [1.82, 2.24) is 0 Å². The van der Waals surface area contributed by atoms with E-state index in [1.54, 1.807) is 36.4 Å². The summed E-state index contributed by atoms with van der Waals surface area (Å²) in [6.45, 7) is 1.91. The second-order valence-electron chi connectivity index (χ2n) is 7.26. The van der Waals surface area contributed by atoms with Crippen LogP contribution in [0, 0.1) is 6.92 Å². The fraction of sp³-hybridized carbons (Fsp3) is 0.0833. The van der Waals surface area contributed by atoms with Gasteiger partial charge < -0.3 is 9.52 Å². The molecule has 7 heteroatoms. The third kappa shape index (κ3) is 3.15. The van der Waals surface area contributed by atoms with Crippen LogP contribution in [-0.4, -0.2) is 16.8 Å². The number of aliphatic hydroxyl groups excluding tert-OH is 1. The van der Waals surface area contributed by atoms with Gasteiger partial charge in [0.25, 0.3) is 5.91 Å². The summed E-state index contributed by atoms with van der Waals surface area (Å²) in [5.74, 6) is -1.65. The Morgan fingerprint density at radius 1 is 1.13 bits per heavy atom. The molecule has 3 heterocycles. The van der Waals surface area contributed by atoms with Crippen molar-refractivity contribution < 1.29 is 19.1 Å². The molecule has 5 rings (SSSR count). The monoisotopic (exact) mass is 449 g/mol. The minimum atomic E-state index is -0.769. The highest BCUT2D eigenvalue weighted by Crippen LogP contribution is 2.45. The molecule has 0 radical (unpaired) electrons. The van der Waals surface area contributed by atoms with E-state index in [0.29, 0.717) is 16.3 Å². The highest BCUT2D eigenvalue weighted by molar-refractivity contribution is 7.10. The molecule has 0 fully saturated rings. The Morgan fingerprint density at radius 2 is 1.87 bits per heavy atom. The number of ketones is 1. The normalized spacial score (nSPS) is 16.5. The molecule has 0 saturated carbocycles. The maximum atomic E-state index is 13.5. The van der Waals surface area contributed by atoms with Crippen molar-refractivity contribution in [3.05, 3.63) is 98.6 Å². The van der Waals surface area contributed by atoms with Crippen LogP contribution in [0.25, 0.3) is 11.0 Å². The topological polar surface area (TPSA) is 70.7 Å². The first-order valence-electron chi connectivity index (χ1n) is 9.55. The van der Waals surface area contributed by atoms with E-state index in [4.69, 9.17) is 16.0 Å². The van der Waals surface area contributed by atoms with Gasteiger partial charge >= 0.3 is 0 Å². The fourth-order valence-corrected chi connectivity index (χ4v) is 5.00. The number of Topliss-reactive ketones (excluding diaryl/α,β-unsaturated/α-hetero) is 1. The summed E-state index contributed by atoms with van der Waals surface area (Å²) in [6.07, 6.45) is 0. The zero-order valence-electron chi connectivity index (χ0n) is 16.3. The molecule has 1 amide bonds. The van der Waals surface area contributed by atoms with Crippen LogP contribution in [0.15, 0.2) is 81.8 Å². The van der Waals surface area contributed by atoms with Gasteiger partial charge in [-0.05, 0) is 60.3 Å². The number of hydrogen-bond donors (Lipinski definition) is 1. The second kappa shape index (κ2) is 7.41. The number of para-hydroxylation sites is 1. The number of anilines is 1.